The molecule has 0 spiro atoms. The summed E-state index contributed by atoms with van der Waals surface area (Å²) >= 11 is 1.36. The number of rotatable bonds is 13. The fourth-order valence-electron chi connectivity index (χ4n) is 4.14. The summed E-state index contributed by atoms with van der Waals surface area (Å²) in [5.41, 5.74) is 6.82. The molecule has 0 fully saturated rings. The fraction of sp³-hybridized carbons (Fsp3) is 0.481. The van der Waals surface area contributed by atoms with Crippen molar-refractivity contribution in [3.63, 3.8) is 0 Å². The molecule has 1 atom stereocenters. The van der Waals surface area contributed by atoms with Crippen LogP contribution in [0.2, 0.25) is 0 Å². The molecule has 202 valence electrons. The molecule has 0 saturated heterocycles. The van der Waals surface area contributed by atoms with Gasteiger partial charge in [0.2, 0.25) is 15.9 Å². The Bertz CT molecular complexity index is 1290. The molecule has 4 N–H and O–H groups in total. The molecule has 3 rings (SSSR count). The van der Waals surface area contributed by atoms with Crippen LogP contribution in [0.5, 0.6) is 0 Å². The van der Waals surface area contributed by atoms with Crippen LogP contribution in [0.15, 0.2) is 58.9 Å². The van der Waals surface area contributed by atoms with E-state index in [0.717, 1.165) is 15.8 Å². The van der Waals surface area contributed by atoms with Crippen LogP contribution in [0.3, 0.4) is 0 Å². The second-order valence-electron chi connectivity index (χ2n) is 10.7. The van der Waals surface area contributed by atoms with Crippen molar-refractivity contribution < 1.29 is 18.3 Å². The topological polar surface area (TPSA) is 126 Å². The average Bonchev–Trinajstić information content (AvgIpc) is 3.31. The van der Waals surface area contributed by atoms with Gasteiger partial charge in [0.05, 0.1) is 20.6 Å². The summed E-state index contributed by atoms with van der Waals surface area (Å²) in [7, 11) is -4.09. The van der Waals surface area contributed by atoms with E-state index in [4.69, 9.17) is 5.73 Å². The lowest BCUT2D eigenvalue weighted by atomic mass is 9.89. The summed E-state index contributed by atoms with van der Waals surface area (Å²) in [5, 5.41) is 15.0. The van der Waals surface area contributed by atoms with E-state index in [2.05, 4.69) is 10.3 Å². The molecule has 2 aromatic carbocycles. The van der Waals surface area contributed by atoms with Crippen molar-refractivity contribution >= 4 is 37.5 Å². The summed E-state index contributed by atoms with van der Waals surface area (Å²) in [5.74, 6) is -0.240. The molecule has 37 heavy (non-hydrogen) atoms. The van der Waals surface area contributed by atoms with Crippen LogP contribution in [0.25, 0.3) is 10.2 Å². The Hall–Kier alpha value is -2.37. The van der Waals surface area contributed by atoms with E-state index in [9.17, 15) is 18.3 Å². The quantitative estimate of drug-likeness (QED) is 0.280. The number of carbonyl (C=O) groups is 1. The van der Waals surface area contributed by atoms with Gasteiger partial charge < -0.3 is 16.2 Å². The van der Waals surface area contributed by atoms with Crippen molar-refractivity contribution in [3.8, 4) is 0 Å². The Morgan fingerprint density at radius 1 is 1.19 bits per heavy atom. The van der Waals surface area contributed by atoms with E-state index < -0.39 is 15.7 Å². The molecule has 3 aromatic rings. The molecule has 10 heteroatoms. The number of thiazole rings is 1. The number of fused-ring (bicyclic) bond motifs is 1. The Morgan fingerprint density at radius 3 is 2.54 bits per heavy atom. The number of carbonyl (C=O) groups excluding carboxylic acids is 1. The summed E-state index contributed by atoms with van der Waals surface area (Å²) in [4.78, 5) is 16.9. The monoisotopic (exact) mass is 546 g/mol. The van der Waals surface area contributed by atoms with Crippen LogP contribution >= 0.6 is 11.3 Å². The van der Waals surface area contributed by atoms with Gasteiger partial charge in [-0.05, 0) is 41.6 Å². The largest absolute Gasteiger partial charge is 0.374 e. The Morgan fingerprint density at radius 2 is 1.89 bits per heavy atom. The van der Waals surface area contributed by atoms with Gasteiger partial charge in [0.15, 0.2) is 0 Å². The highest BCUT2D eigenvalue weighted by Crippen LogP contribution is 2.32. The minimum absolute atomic E-state index is 0.0193. The zero-order chi connectivity index (χ0) is 27.3. The summed E-state index contributed by atoms with van der Waals surface area (Å²) in [6, 6.07) is 14.1. The fourth-order valence-corrected chi connectivity index (χ4v) is 6.79. The lowest BCUT2D eigenvalue weighted by Gasteiger charge is -2.40. The van der Waals surface area contributed by atoms with Crippen LogP contribution in [0.4, 0.5) is 0 Å². The summed E-state index contributed by atoms with van der Waals surface area (Å²) in [6.07, 6.45) is 0.335. The van der Waals surface area contributed by atoms with Crippen molar-refractivity contribution in [1.82, 2.24) is 14.6 Å². The maximum atomic E-state index is 14.0. The highest BCUT2D eigenvalue weighted by Gasteiger charge is 2.43. The van der Waals surface area contributed by atoms with Gasteiger partial charge >= 0.3 is 0 Å². The van der Waals surface area contributed by atoms with Gasteiger partial charge in [0.1, 0.15) is 5.72 Å². The molecule has 0 aliphatic carbocycles. The Kier molecular flexibility index (Phi) is 9.47. The molecule has 1 aromatic heterocycles. The van der Waals surface area contributed by atoms with Gasteiger partial charge in [-0.3, -0.25) is 4.79 Å². The molecular weight excluding hydrogens is 508 g/mol. The number of hydrogen-bond donors (Lipinski definition) is 3. The molecule has 0 aliphatic rings. The lowest BCUT2D eigenvalue weighted by Crippen LogP contribution is -2.55. The van der Waals surface area contributed by atoms with Crippen LogP contribution in [0, 0.1) is 11.3 Å². The average molecular weight is 547 g/mol. The number of benzene rings is 2. The lowest BCUT2D eigenvalue weighted by molar-refractivity contribution is -0.123. The molecular formula is C27H38N4O4S2. The van der Waals surface area contributed by atoms with Gasteiger partial charge in [-0.25, -0.2) is 13.4 Å². The predicted octanol–water partition coefficient (Wildman–Crippen LogP) is 3.76. The smallest absolute Gasteiger partial charge is 0.245 e. The Balaban J connectivity index is 1.96. The normalized spacial score (nSPS) is 14.3. The van der Waals surface area contributed by atoms with E-state index in [1.165, 1.54) is 21.7 Å². The minimum Gasteiger partial charge on any atom is -0.374 e. The first kappa shape index (κ1) is 29.2. The van der Waals surface area contributed by atoms with Gasteiger partial charge in [-0.1, -0.05) is 58.0 Å². The second kappa shape index (κ2) is 12.0. The van der Waals surface area contributed by atoms with Crippen molar-refractivity contribution in [2.75, 3.05) is 19.6 Å². The number of nitrogens with zero attached hydrogens (tertiary/aromatic N) is 2. The van der Waals surface area contributed by atoms with Gasteiger partial charge in [-0.2, -0.15) is 4.31 Å². The molecule has 0 saturated carbocycles. The number of sulfonamides is 1. The third kappa shape index (κ3) is 7.58. The van der Waals surface area contributed by atoms with Crippen molar-refractivity contribution in [2.24, 2.45) is 17.1 Å². The highest BCUT2D eigenvalue weighted by molar-refractivity contribution is 7.89. The van der Waals surface area contributed by atoms with E-state index in [1.807, 2.05) is 58.0 Å². The van der Waals surface area contributed by atoms with Gasteiger partial charge in [-0.15, -0.1) is 11.3 Å². The Labute approximate surface area is 224 Å². The number of hydrogen-bond acceptors (Lipinski definition) is 7. The van der Waals surface area contributed by atoms with E-state index >= 15 is 0 Å². The first-order chi connectivity index (χ1) is 17.4. The van der Waals surface area contributed by atoms with Crippen LogP contribution in [0.1, 0.15) is 46.1 Å². The minimum atomic E-state index is -4.09. The third-order valence-electron chi connectivity index (χ3n) is 6.26. The molecule has 0 radical (unpaired) electrons. The van der Waals surface area contributed by atoms with E-state index in [1.54, 1.807) is 17.6 Å². The number of aliphatic hydroxyl groups is 1. The molecule has 1 amide bonds. The third-order valence-corrected chi connectivity index (χ3v) is 8.97. The predicted molar refractivity (Wildman–Crippen MR) is 149 cm³/mol. The summed E-state index contributed by atoms with van der Waals surface area (Å²) < 4.78 is 30.0. The molecule has 0 aliphatic heterocycles. The number of amides is 1. The van der Waals surface area contributed by atoms with Crippen LogP contribution in [-0.2, 0) is 21.2 Å². The van der Waals surface area contributed by atoms with Crippen LogP contribution < -0.4 is 11.1 Å². The first-order valence-electron chi connectivity index (χ1n) is 12.5. The number of nitrogens with two attached hydrogens (primary N) is 1. The van der Waals surface area contributed by atoms with Crippen LogP contribution in [-0.4, -0.2) is 54.1 Å². The van der Waals surface area contributed by atoms with Crippen molar-refractivity contribution in [1.29, 1.82) is 0 Å². The molecule has 1 unspecified atom stereocenters. The van der Waals surface area contributed by atoms with Gasteiger partial charge in [0, 0.05) is 32.4 Å². The standard InChI is InChI=1S/C27H38N4O4S2/c1-20(2)17-31(37(34,35)22-10-11-23-24(14-22)36-19-30-23)27(33,15-21-8-6-5-7-9-21)12-13-29-25(32)16-26(3,4)18-28/h5-11,14,19-20,33H,12-13,15-18,28H2,1-4H3,(H,29,32). The van der Waals surface area contributed by atoms with Crippen molar-refractivity contribution in [2.45, 2.75) is 57.6 Å². The number of nitrogens with one attached hydrogen (secondary N) is 1. The molecule has 1 heterocycles. The molecule has 0 bridgehead atoms. The van der Waals surface area contributed by atoms with E-state index in [0.29, 0.717) is 6.54 Å². The zero-order valence-corrected chi connectivity index (χ0v) is 23.6. The second-order valence-corrected chi connectivity index (χ2v) is 13.5. The van der Waals surface area contributed by atoms with Crippen molar-refractivity contribution in [3.05, 3.63) is 59.6 Å². The first-order valence-corrected chi connectivity index (χ1v) is 14.8. The summed E-state index contributed by atoms with van der Waals surface area (Å²) in [6.45, 7) is 8.23. The number of aromatic nitrogens is 1. The maximum absolute atomic E-state index is 14.0. The highest BCUT2D eigenvalue weighted by atomic mass is 32.2. The zero-order valence-electron chi connectivity index (χ0n) is 22.0. The SMILES string of the molecule is CC(C)CN(C(O)(CCNC(=O)CC(C)(C)CN)Cc1ccccc1)S(=O)(=O)c1ccc2ncsc2c1. The maximum Gasteiger partial charge on any atom is 0.245 e. The van der Waals surface area contributed by atoms with Gasteiger partial charge in [0.25, 0.3) is 0 Å². The molecule has 8 nitrogen and oxygen atoms in total. The van der Waals surface area contributed by atoms with E-state index in [-0.39, 0.29) is 54.5 Å².